The lowest BCUT2D eigenvalue weighted by Crippen LogP contribution is -2.65. The molecule has 0 aromatic heterocycles. The zero-order valence-electron chi connectivity index (χ0n) is 16.7. The van der Waals surface area contributed by atoms with E-state index in [0.717, 1.165) is 24.1 Å². The van der Waals surface area contributed by atoms with Crippen LogP contribution >= 0.6 is 0 Å². The number of rotatable bonds is 3. The van der Waals surface area contributed by atoms with Crippen molar-refractivity contribution in [3.63, 3.8) is 0 Å². The van der Waals surface area contributed by atoms with Crippen molar-refractivity contribution in [3.05, 3.63) is 64.7 Å². The number of ether oxygens (including phenoxy) is 2. The number of halogens is 2. The molecule has 1 saturated carbocycles. The van der Waals surface area contributed by atoms with Gasteiger partial charge >= 0.3 is 0 Å². The minimum atomic E-state index is -1.45. The first-order valence-corrected chi connectivity index (χ1v) is 10.2. The van der Waals surface area contributed by atoms with E-state index in [2.05, 4.69) is 0 Å². The Kier molecular flexibility index (Phi) is 4.33. The standard InChI is InChI=1S/C24H22F2O4/c1-14-3-5-15(6-4-14)20(27)22(28)24-10-2-9-23(12-29-13-23)18(24)11-30-21-17(26)8-7-16(25)19(21)24/h3-8,18H,2,9-13H2,1H3. The van der Waals surface area contributed by atoms with E-state index in [9.17, 15) is 14.0 Å². The molecule has 2 aliphatic heterocycles. The number of carbonyl (C=O) groups is 2. The molecule has 1 spiro atoms. The maximum Gasteiger partial charge on any atom is 0.229 e. The van der Waals surface area contributed by atoms with E-state index < -0.39 is 34.5 Å². The van der Waals surface area contributed by atoms with Crippen LogP contribution in [0.4, 0.5) is 8.78 Å². The van der Waals surface area contributed by atoms with Crippen molar-refractivity contribution in [3.8, 4) is 5.75 Å². The van der Waals surface area contributed by atoms with Gasteiger partial charge in [-0.25, -0.2) is 8.78 Å². The highest BCUT2D eigenvalue weighted by Gasteiger charge is 2.65. The molecule has 0 N–H and O–H groups in total. The van der Waals surface area contributed by atoms with Crippen LogP contribution in [0.1, 0.15) is 40.7 Å². The van der Waals surface area contributed by atoms with Crippen LogP contribution in [0.25, 0.3) is 0 Å². The van der Waals surface area contributed by atoms with Gasteiger partial charge in [0.15, 0.2) is 11.6 Å². The van der Waals surface area contributed by atoms with Crippen LogP contribution in [0.2, 0.25) is 0 Å². The van der Waals surface area contributed by atoms with E-state index >= 15 is 4.39 Å². The van der Waals surface area contributed by atoms with E-state index in [1.54, 1.807) is 24.3 Å². The molecule has 0 radical (unpaired) electrons. The molecule has 5 rings (SSSR count). The van der Waals surface area contributed by atoms with Gasteiger partial charge in [0.25, 0.3) is 0 Å². The van der Waals surface area contributed by atoms with Gasteiger partial charge in [0.05, 0.1) is 25.2 Å². The summed E-state index contributed by atoms with van der Waals surface area (Å²) in [6, 6.07) is 8.75. The van der Waals surface area contributed by atoms with E-state index in [-0.39, 0.29) is 35.3 Å². The summed E-state index contributed by atoms with van der Waals surface area (Å²) in [5, 5.41) is 0. The molecule has 3 aliphatic rings. The Morgan fingerprint density at radius 2 is 1.70 bits per heavy atom. The number of hydrogen-bond donors (Lipinski definition) is 0. The quantitative estimate of drug-likeness (QED) is 0.561. The average Bonchev–Trinajstić information content (AvgIpc) is 2.73. The van der Waals surface area contributed by atoms with Crippen molar-refractivity contribution in [1.82, 2.24) is 0 Å². The molecular weight excluding hydrogens is 390 g/mol. The Balaban J connectivity index is 1.70. The third-order valence-electron chi connectivity index (χ3n) is 7.18. The maximum atomic E-state index is 15.2. The van der Waals surface area contributed by atoms with Crippen LogP contribution in [0.15, 0.2) is 36.4 Å². The summed E-state index contributed by atoms with van der Waals surface area (Å²) in [5.41, 5.74) is -0.701. The predicted molar refractivity (Wildman–Crippen MR) is 105 cm³/mol. The summed E-state index contributed by atoms with van der Waals surface area (Å²) < 4.78 is 40.9. The Bertz CT molecular complexity index is 1040. The molecule has 2 aromatic carbocycles. The number of hydrogen-bond acceptors (Lipinski definition) is 4. The van der Waals surface area contributed by atoms with Crippen LogP contribution in [0.3, 0.4) is 0 Å². The first kappa shape index (κ1) is 19.4. The summed E-state index contributed by atoms with van der Waals surface area (Å²) in [4.78, 5) is 27.1. The SMILES string of the molecule is Cc1ccc(C(=O)C(=O)C23CCCC4(COC4)C2COc2c(F)ccc(F)c23)cc1. The molecule has 0 amide bonds. The van der Waals surface area contributed by atoms with Gasteiger partial charge in [-0.05, 0) is 31.9 Å². The topological polar surface area (TPSA) is 52.6 Å². The number of Topliss-reactive ketones (excluding diaryl/α,β-unsaturated/α-hetero) is 2. The van der Waals surface area contributed by atoms with Gasteiger partial charge in [-0.3, -0.25) is 9.59 Å². The van der Waals surface area contributed by atoms with Crippen LogP contribution in [0.5, 0.6) is 5.75 Å². The average molecular weight is 412 g/mol. The number of fused-ring (bicyclic) bond motifs is 4. The summed E-state index contributed by atoms with van der Waals surface area (Å²) in [6.07, 6.45) is 1.72. The third kappa shape index (κ3) is 2.52. The minimum Gasteiger partial charge on any atom is -0.490 e. The first-order valence-electron chi connectivity index (χ1n) is 10.2. The smallest absolute Gasteiger partial charge is 0.229 e. The minimum absolute atomic E-state index is 0.0592. The van der Waals surface area contributed by atoms with Gasteiger partial charge in [0.1, 0.15) is 5.82 Å². The molecule has 2 unspecified atom stereocenters. The van der Waals surface area contributed by atoms with Crippen molar-refractivity contribution in [1.29, 1.82) is 0 Å². The summed E-state index contributed by atoms with van der Waals surface area (Å²) >= 11 is 0. The molecule has 0 bridgehead atoms. The lowest BCUT2D eigenvalue weighted by molar-refractivity contribution is -0.194. The fourth-order valence-corrected chi connectivity index (χ4v) is 5.60. The van der Waals surface area contributed by atoms with E-state index in [0.29, 0.717) is 19.6 Å². The Morgan fingerprint density at radius 1 is 1.00 bits per heavy atom. The number of aryl methyl sites for hydroxylation is 1. The van der Waals surface area contributed by atoms with E-state index in [4.69, 9.17) is 9.47 Å². The highest BCUT2D eigenvalue weighted by atomic mass is 19.1. The molecule has 4 nitrogen and oxygen atoms in total. The van der Waals surface area contributed by atoms with Gasteiger partial charge in [-0.15, -0.1) is 0 Å². The maximum absolute atomic E-state index is 15.2. The number of ketones is 2. The van der Waals surface area contributed by atoms with Gasteiger partial charge in [0.2, 0.25) is 11.6 Å². The molecule has 2 atom stereocenters. The highest BCUT2D eigenvalue weighted by molar-refractivity contribution is 6.46. The van der Waals surface area contributed by atoms with Crippen molar-refractivity contribution >= 4 is 11.6 Å². The normalized spacial score (nSPS) is 26.2. The molecule has 2 aromatic rings. The first-order chi connectivity index (χ1) is 14.4. The Labute approximate surface area is 173 Å². The molecule has 156 valence electrons. The van der Waals surface area contributed by atoms with Crippen LogP contribution in [-0.4, -0.2) is 31.4 Å². The van der Waals surface area contributed by atoms with Crippen molar-refractivity contribution in [2.45, 2.75) is 31.6 Å². The fourth-order valence-electron chi connectivity index (χ4n) is 5.60. The molecule has 6 heteroatoms. The predicted octanol–water partition coefficient (Wildman–Crippen LogP) is 4.17. The summed E-state index contributed by atoms with van der Waals surface area (Å²) in [7, 11) is 0. The zero-order valence-corrected chi connectivity index (χ0v) is 16.7. The van der Waals surface area contributed by atoms with Crippen molar-refractivity contribution in [2.24, 2.45) is 11.3 Å². The molecule has 1 saturated heterocycles. The molecule has 2 heterocycles. The summed E-state index contributed by atoms with van der Waals surface area (Å²) in [6.45, 7) is 2.81. The van der Waals surface area contributed by atoms with Gasteiger partial charge < -0.3 is 9.47 Å². The molecule has 2 fully saturated rings. The van der Waals surface area contributed by atoms with Gasteiger partial charge in [0, 0.05) is 22.5 Å². The van der Waals surface area contributed by atoms with Crippen LogP contribution in [0, 0.1) is 29.9 Å². The molecule has 30 heavy (non-hydrogen) atoms. The highest BCUT2D eigenvalue weighted by Crippen LogP contribution is 2.60. The van der Waals surface area contributed by atoms with Crippen molar-refractivity contribution in [2.75, 3.05) is 19.8 Å². The number of carbonyl (C=O) groups excluding carboxylic acids is 2. The zero-order chi connectivity index (χ0) is 21.1. The third-order valence-corrected chi connectivity index (χ3v) is 7.18. The van der Waals surface area contributed by atoms with Gasteiger partial charge in [-0.2, -0.15) is 0 Å². The largest absolute Gasteiger partial charge is 0.490 e. The second-order valence-electron chi connectivity index (χ2n) is 8.80. The monoisotopic (exact) mass is 412 g/mol. The van der Waals surface area contributed by atoms with Gasteiger partial charge in [-0.1, -0.05) is 36.2 Å². The lowest BCUT2D eigenvalue weighted by atomic mass is 9.49. The van der Waals surface area contributed by atoms with Crippen molar-refractivity contribution < 1.29 is 27.8 Å². The number of benzene rings is 2. The second-order valence-corrected chi connectivity index (χ2v) is 8.80. The Hall–Kier alpha value is -2.60. The second kappa shape index (κ2) is 6.71. The Morgan fingerprint density at radius 3 is 2.37 bits per heavy atom. The van der Waals surface area contributed by atoms with Crippen LogP contribution < -0.4 is 4.74 Å². The summed E-state index contributed by atoms with van der Waals surface area (Å²) in [5.74, 6) is -3.47. The van der Waals surface area contributed by atoms with Crippen LogP contribution in [-0.2, 0) is 14.9 Å². The van der Waals surface area contributed by atoms with E-state index in [1.807, 2.05) is 6.92 Å². The molecule has 1 aliphatic carbocycles. The van der Waals surface area contributed by atoms with E-state index in [1.165, 1.54) is 0 Å². The fraction of sp³-hybridized carbons (Fsp3) is 0.417. The molecular formula is C24H22F2O4. The lowest BCUT2D eigenvalue weighted by Gasteiger charge is -2.59.